The van der Waals surface area contributed by atoms with E-state index >= 15 is 0 Å². The minimum atomic E-state index is 0.0321. The van der Waals surface area contributed by atoms with Gasteiger partial charge >= 0.3 is 0 Å². The van der Waals surface area contributed by atoms with Gasteiger partial charge in [-0.2, -0.15) is 0 Å². The average Bonchev–Trinajstić information content (AvgIpc) is 2.68. The fourth-order valence-electron chi connectivity index (χ4n) is 2.36. The molecule has 0 amide bonds. The van der Waals surface area contributed by atoms with Crippen LogP contribution in [0, 0.1) is 5.92 Å². The van der Waals surface area contributed by atoms with Crippen molar-refractivity contribution in [1.82, 2.24) is 5.32 Å². The highest BCUT2D eigenvalue weighted by Gasteiger charge is 2.28. The van der Waals surface area contributed by atoms with Gasteiger partial charge < -0.3 is 20.5 Å². The molecule has 2 aliphatic heterocycles. The minimum absolute atomic E-state index is 0.0321. The summed E-state index contributed by atoms with van der Waals surface area (Å²) in [6.45, 7) is 3.70. The minimum Gasteiger partial charge on any atom is -0.350 e. The van der Waals surface area contributed by atoms with Crippen LogP contribution in [0.25, 0.3) is 0 Å². The van der Waals surface area contributed by atoms with E-state index in [4.69, 9.17) is 15.2 Å². The van der Waals surface area contributed by atoms with Crippen LogP contribution in [0.4, 0.5) is 0 Å². The van der Waals surface area contributed by atoms with Crippen LogP contribution >= 0.6 is 0 Å². The van der Waals surface area contributed by atoms with E-state index in [2.05, 4.69) is 5.32 Å². The van der Waals surface area contributed by atoms with E-state index in [0.717, 1.165) is 38.5 Å². The molecular formula is C11H22N2O2. The number of rotatable bonds is 4. The Morgan fingerprint density at radius 2 is 2.07 bits per heavy atom. The average molecular weight is 214 g/mol. The first kappa shape index (κ1) is 11.3. The second kappa shape index (κ2) is 5.80. The van der Waals surface area contributed by atoms with Gasteiger partial charge in [0.1, 0.15) is 0 Å². The molecule has 2 rings (SSSR count). The van der Waals surface area contributed by atoms with Crippen molar-refractivity contribution < 1.29 is 9.47 Å². The lowest BCUT2D eigenvalue weighted by molar-refractivity contribution is -0.0737. The van der Waals surface area contributed by atoms with E-state index in [1.54, 1.807) is 0 Å². The zero-order valence-corrected chi connectivity index (χ0v) is 9.28. The van der Waals surface area contributed by atoms with Crippen molar-refractivity contribution in [3.05, 3.63) is 0 Å². The van der Waals surface area contributed by atoms with Crippen molar-refractivity contribution in [1.29, 1.82) is 0 Å². The Kier molecular flexibility index (Phi) is 4.38. The number of hydrogen-bond donors (Lipinski definition) is 2. The SMILES string of the molecule is NCCC1COC(CC2CCNCC2)O1. The van der Waals surface area contributed by atoms with E-state index < -0.39 is 0 Å². The summed E-state index contributed by atoms with van der Waals surface area (Å²) in [5.41, 5.74) is 5.49. The summed E-state index contributed by atoms with van der Waals surface area (Å²) in [4.78, 5) is 0. The number of hydrogen-bond acceptors (Lipinski definition) is 4. The Morgan fingerprint density at radius 1 is 1.27 bits per heavy atom. The molecule has 2 atom stereocenters. The van der Waals surface area contributed by atoms with E-state index in [0.29, 0.717) is 6.54 Å². The van der Waals surface area contributed by atoms with Crippen LogP contribution in [0.3, 0.4) is 0 Å². The zero-order chi connectivity index (χ0) is 10.5. The maximum atomic E-state index is 5.78. The summed E-state index contributed by atoms with van der Waals surface area (Å²) >= 11 is 0. The summed E-state index contributed by atoms with van der Waals surface area (Å²) in [6.07, 6.45) is 4.76. The zero-order valence-electron chi connectivity index (χ0n) is 9.28. The molecule has 2 heterocycles. The fourth-order valence-corrected chi connectivity index (χ4v) is 2.36. The van der Waals surface area contributed by atoms with Crippen molar-refractivity contribution in [2.24, 2.45) is 11.7 Å². The van der Waals surface area contributed by atoms with Crippen LogP contribution in [0.1, 0.15) is 25.7 Å². The molecule has 88 valence electrons. The van der Waals surface area contributed by atoms with E-state index in [9.17, 15) is 0 Å². The van der Waals surface area contributed by atoms with Gasteiger partial charge in [0, 0.05) is 6.42 Å². The summed E-state index contributed by atoms with van der Waals surface area (Å²) in [5.74, 6) is 0.771. The highest BCUT2D eigenvalue weighted by atomic mass is 16.7. The molecule has 0 spiro atoms. The topological polar surface area (TPSA) is 56.5 Å². The third-order valence-electron chi connectivity index (χ3n) is 3.29. The van der Waals surface area contributed by atoms with E-state index in [-0.39, 0.29) is 12.4 Å². The third kappa shape index (κ3) is 3.41. The largest absolute Gasteiger partial charge is 0.350 e. The Balaban J connectivity index is 1.67. The molecule has 0 aliphatic carbocycles. The van der Waals surface area contributed by atoms with Crippen LogP contribution in [0.2, 0.25) is 0 Å². The van der Waals surface area contributed by atoms with Crippen LogP contribution in [0.5, 0.6) is 0 Å². The molecule has 4 heteroatoms. The molecular weight excluding hydrogens is 192 g/mol. The standard InChI is InChI=1S/C11H22N2O2/c12-4-1-10-8-14-11(15-10)7-9-2-5-13-6-3-9/h9-11,13H,1-8,12H2. The molecule has 2 saturated heterocycles. The molecule has 2 unspecified atom stereocenters. The smallest absolute Gasteiger partial charge is 0.158 e. The van der Waals surface area contributed by atoms with Gasteiger partial charge in [-0.15, -0.1) is 0 Å². The van der Waals surface area contributed by atoms with Crippen LogP contribution in [-0.2, 0) is 9.47 Å². The molecule has 15 heavy (non-hydrogen) atoms. The Labute approximate surface area is 91.5 Å². The normalized spacial score (nSPS) is 33.4. The van der Waals surface area contributed by atoms with Crippen molar-refractivity contribution in [2.45, 2.75) is 38.1 Å². The number of ether oxygens (including phenoxy) is 2. The van der Waals surface area contributed by atoms with Gasteiger partial charge in [-0.05, 0) is 44.8 Å². The van der Waals surface area contributed by atoms with Crippen LogP contribution < -0.4 is 11.1 Å². The molecule has 3 N–H and O–H groups in total. The summed E-state index contributed by atoms with van der Waals surface area (Å²) in [6, 6.07) is 0. The molecule has 0 aromatic carbocycles. The van der Waals surface area contributed by atoms with E-state index in [1.165, 1.54) is 12.8 Å². The molecule has 0 radical (unpaired) electrons. The van der Waals surface area contributed by atoms with E-state index in [1.807, 2.05) is 0 Å². The molecule has 0 saturated carbocycles. The first-order chi connectivity index (χ1) is 7.38. The van der Waals surface area contributed by atoms with Crippen molar-refractivity contribution in [3.63, 3.8) is 0 Å². The van der Waals surface area contributed by atoms with Gasteiger partial charge in [-0.3, -0.25) is 0 Å². The van der Waals surface area contributed by atoms with Gasteiger partial charge in [0.2, 0.25) is 0 Å². The predicted octanol–water partition coefficient (Wildman–Crippen LogP) is 0.466. The first-order valence-electron chi connectivity index (χ1n) is 6.06. The maximum Gasteiger partial charge on any atom is 0.158 e. The first-order valence-corrected chi connectivity index (χ1v) is 6.06. The second-order valence-corrected chi connectivity index (χ2v) is 4.53. The highest BCUT2D eigenvalue weighted by Crippen LogP contribution is 2.24. The Bertz CT molecular complexity index is 183. The van der Waals surface area contributed by atoms with Gasteiger partial charge in [-0.1, -0.05) is 0 Å². The van der Waals surface area contributed by atoms with Gasteiger partial charge in [-0.25, -0.2) is 0 Å². The molecule has 4 nitrogen and oxygen atoms in total. The highest BCUT2D eigenvalue weighted by molar-refractivity contribution is 4.73. The lowest BCUT2D eigenvalue weighted by atomic mass is 9.94. The van der Waals surface area contributed by atoms with Crippen LogP contribution in [0.15, 0.2) is 0 Å². The van der Waals surface area contributed by atoms with Crippen LogP contribution in [-0.4, -0.2) is 38.6 Å². The third-order valence-corrected chi connectivity index (χ3v) is 3.29. The number of nitrogens with one attached hydrogen (secondary N) is 1. The predicted molar refractivity (Wildman–Crippen MR) is 58.5 cm³/mol. The Hall–Kier alpha value is -0.160. The number of nitrogens with two attached hydrogens (primary N) is 1. The lowest BCUT2D eigenvalue weighted by Gasteiger charge is -2.24. The monoisotopic (exact) mass is 214 g/mol. The molecule has 2 aliphatic rings. The molecule has 0 bridgehead atoms. The quantitative estimate of drug-likeness (QED) is 0.714. The summed E-state index contributed by atoms with van der Waals surface area (Å²) in [7, 11) is 0. The molecule has 0 aromatic rings. The fraction of sp³-hybridized carbons (Fsp3) is 1.00. The summed E-state index contributed by atoms with van der Waals surface area (Å²) in [5, 5.41) is 3.37. The van der Waals surface area contributed by atoms with Gasteiger partial charge in [0.15, 0.2) is 6.29 Å². The van der Waals surface area contributed by atoms with Gasteiger partial charge in [0.25, 0.3) is 0 Å². The lowest BCUT2D eigenvalue weighted by Crippen LogP contribution is -2.30. The van der Waals surface area contributed by atoms with Gasteiger partial charge in [0.05, 0.1) is 12.7 Å². The van der Waals surface area contributed by atoms with Crippen molar-refractivity contribution in [3.8, 4) is 0 Å². The molecule has 2 fully saturated rings. The second-order valence-electron chi connectivity index (χ2n) is 4.53. The van der Waals surface area contributed by atoms with Crippen molar-refractivity contribution in [2.75, 3.05) is 26.2 Å². The maximum absolute atomic E-state index is 5.78. The van der Waals surface area contributed by atoms with Crippen molar-refractivity contribution >= 4 is 0 Å². The Morgan fingerprint density at radius 3 is 2.80 bits per heavy atom. The summed E-state index contributed by atoms with van der Waals surface area (Å²) < 4.78 is 11.4. The number of piperidine rings is 1. The molecule has 0 aromatic heterocycles.